The van der Waals surface area contributed by atoms with Crippen LogP contribution in [0.1, 0.15) is 18.7 Å². The molecule has 1 rings (SSSR count). The van der Waals surface area contributed by atoms with Crippen LogP contribution in [0.15, 0.2) is 11.4 Å². The molecule has 15 heavy (non-hydrogen) atoms. The molecular weight excluding hydrogens is 212 g/mol. The predicted molar refractivity (Wildman–Crippen MR) is 62.0 cm³/mol. The molecule has 1 atom stereocenters. The van der Waals surface area contributed by atoms with Crippen molar-refractivity contribution in [1.82, 2.24) is 5.32 Å². The van der Waals surface area contributed by atoms with Gasteiger partial charge in [-0.25, -0.2) is 0 Å². The lowest BCUT2D eigenvalue weighted by atomic mass is 10.3. The minimum absolute atomic E-state index is 0.0649. The SMILES string of the molecule is CC(=O)Nc1ccsc1CN[C@H](C)CO. The Labute approximate surface area is 93.3 Å². The number of carbonyl (C=O) groups is 1. The van der Waals surface area contributed by atoms with Crippen molar-refractivity contribution in [3.8, 4) is 0 Å². The van der Waals surface area contributed by atoms with E-state index in [1.165, 1.54) is 6.92 Å². The maximum atomic E-state index is 10.9. The van der Waals surface area contributed by atoms with Gasteiger partial charge in [0.1, 0.15) is 0 Å². The number of amides is 1. The summed E-state index contributed by atoms with van der Waals surface area (Å²) in [5.41, 5.74) is 0.852. The van der Waals surface area contributed by atoms with E-state index in [1.54, 1.807) is 11.3 Å². The van der Waals surface area contributed by atoms with Crippen LogP contribution in [0.5, 0.6) is 0 Å². The van der Waals surface area contributed by atoms with Gasteiger partial charge in [-0.05, 0) is 18.4 Å². The zero-order chi connectivity index (χ0) is 11.3. The van der Waals surface area contributed by atoms with Crippen LogP contribution in [0.3, 0.4) is 0 Å². The van der Waals surface area contributed by atoms with E-state index in [9.17, 15) is 4.79 Å². The normalized spacial score (nSPS) is 12.5. The highest BCUT2D eigenvalue weighted by molar-refractivity contribution is 7.10. The molecule has 1 aromatic heterocycles. The highest BCUT2D eigenvalue weighted by Gasteiger charge is 2.06. The van der Waals surface area contributed by atoms with E-state index >= 15 is 0 Å². The number of rotatable bonds is 5. The fraction of sp³-hybridized carbons (Fsp3) is 0.500. The van der Waals surface area contributed by atoms with Crippen molar-refractivity contribution in [2.24, 2.45) is 0 Å². The third-order valence-electron chi connectivity index (χ3n) is 1.94. The Balaban J connectivity index is 2.53. The molecule has 1 heterocycles. The Hall–Kier alpha value is -0.910. The molecule has 1 amide bonds. The van der Waals surface area contributed by atoms with Crippen molar-refractivity contribution in [3.05, 3.63) is 16.3 Å². The van der Waals surface area contributed by atoms with Gasteiger partial charge in [-0.3, -0.25) is 4.79 Å². The molecule has 0 saturated carbocycles. The molecule has 0 unspecified atom stereocenters. The van der Waals surface area contributed by atoms with Gasteiger partial charge in [-0.2, -0.15) is 0 Å². The highest BCUT2D eigenvalue weighted by atomic mass is 32.1. The zero-order valence-electron chi connectivity index (χ0n) is 8.91. The van der Waals surface area contributed by atoms with Crippen LogP contribution >= 0.6 is 11.3 Å². The van der Waals surface area contributed by atoms with E-state index < -0.39 is 0 Å². The van der Waals surface area contributed by atoms with Gasteiger partial charge in [0.2, 0.25) is 5.91 Å². The smallest absolute Gasteiger partial charge is 0.221 e. The van der Waals surface area contributed by atoms with Gasteiger partial charge in [0.05, 0.1) is 12.3 Å². The minimum Gasteiger partial charge on any atom is -0.395 e. The van der Waals surface area contributed by atoms with Crippen molar-refractivity contribution in [2.45, 2.75) is 26.4 Å². The lowest BCUT2D eigenvalue weighted by molar-refractivity contribution is -0.114. The number of aliphatic hydroxyl groups is 1. The maximum Gasteiger partial charge on any atom is 0.221 e. The zero-order valence-corrected chi connectivity index (χ0v) is 9.73. The maximum absolute atomic E-state index is 10.9. The lowest BCUT2D eigenvalue weighted by Gasteiger charge is -2.10. The molecule has 0 radical (unpaired) electrons. The third kappa shape index (κ3) is 3.99. The lowest BCUT2D eigenvalue weighted by Crippen LogP contribution is -2.28. The molecule has 0 aliphatic carbocycles. The van der Waals surface area contributed by atoms with Crippen LogP contribution in [-0.2, 0) is 11.3 Å². The average molecular weight is 228 g/mol. The largest absolute Gasteiger partial charge is 0.395 e. The molecule has 0 aliphatic rings. The number of aliphatic hydroxyl groups excluding tert-OH is 1. The summed E-state index contributed by atoms with van der Waals surface area (Å²) >= 11 is 1.59. The van der Waals surface area contributed by atoms with Gasteiger partial charge in [0, 0.05) is 24.4 Å². The number of nitrogens with one attached hydrogen (secondary N) is 2. The summed E-state index contributed by atoms with van der Waals surface area (Å²) in [6, 6.07) is 1.95. The fourth-order valence-corrected chi connectivity index (χ4v) is 1.89. The summed E-state index contributed by atoms with van der Waals surface area (Å²) in [7, 11) is 0. The van der Waals surface area contributed by atoms with Crippen LogP contribution in [0, 0.1) is 0 Å². The first kappa shape index (κ1) is 12.2. The number of carbonyl (C=O) groups excluding carboxylic acids is 1. The van der Waals surface area contributed by atoms with Crippen LogP contribution in [0.2, 0.25) is 0 Å². The second-order valence-electron chi connectivity index (χ2n) is 3.40. The molecule has 4 nitrogen and oxygen atoms in total. The van der Waals surface area contributed by atoms with Crippen molar-refractivity contribution in [2.75, 3.05) is 11.9 Å². The second kappa shape index (κ2) is 5.85. The summed E-state index contributed by atoms with van der Waals surface area (Å²) in [6.07, 6.45) is 0. The van der Waals surface area contributed by atoms with Crippen LogP contribution in [-0.4, -0.2) is 23.7 Å². The molecule has 5 heteroatoms. The summed E-state index contributed by atoms with van der Waals surface area (Å²) in [5.74, 6) is -0.0649. The third-order valence-corrected chi connectivity index (χ3v) is 2.86. The number of thiophene rings is 1. The van der Waals surface area contributed by atoms with E-state index in [2.05, 4.69) is 10.6 Å². The van der Waals surface area contributed by atoms with Gasteiger partial charge in [0.25, 0.3) is 0 Å². The number of hydrogen-bond donors (Lipinski definition) is 3. The first-order chi connectivity index (χ1) is 7.13. The standard InChI is InChI=1S/C10H16N2O2S/c1-7(6-13)11-5-10-9(3-4-15-10)12-8(2)14/h3-4,7,11,13H,5-6H2,1-2H3,(H,12,14)/t7-/m1/s1. The van der Waals surface area contributed by atoms with Crippen molar-refractivity contribution in [1.29, 1.82) is 0 Å². The first-order valence-electron chi connectivity index (χ1n) is 4.81. The van der Waals surface area contributed by atoms with Crippen molar-refractivity contribution < 1.29 is 9.90 Å². The topological polar surface area (TPSA) is 61.4 Å². The Morgan fingerprint density at radius 3 is 3.00 bits per heavy atom. The van der Waals surface area contributed by atoms with Gasteiger partial charge >= 0.3 is 0 Å². The van der Waals surface area contributed by atoms with E-state index in [0.29, 0.717) is 6.54 Å². The molecule has 3 N–H and O–H groups in total. The van der Waals surface area contributed by atoms with Gasteiger partial charge < -0.3 is 15.7 Å². The van der Waals surface area contributed by atoms with E-state index in [4.69, 9.17) is 5.11 Å². The minimum atomic E-state index is -0.0649. The molecule has 0 bridgehead atoms. The molecule has 0 spiro atoms. The van der Waals surface area contributed by atoms with E-state index in [-0.39, 0.29) is 18.6 Å². The summed E-state index contributed by atoms with van der Waals surface area (Å²) in [6.45, 7) is 4.17. The summed E-state index contributed by atoms with van der Waals surface area (Å²) in [4.78, 5) is 12.0. The van der Waals surface area contributed by atoms with E-state index in [1.807, 2.05) is 18.4 Å². The summed E-state index contributed by atoms with van der Waals surface area (Å²) in [5, 5.41) is 16.7. The van der Waals surface area contributed by atoms with Gasteiger partial charge in [-0.1, -0.05) is 0 Å². The molecule has 0 aromatic carbocycles. The Kier molecular flexibility index (Phi) is 4.74. The van der Waals surface area contributed by atoms with Crippen LogP contribution in [0.25, 0.3) is 0 Å². The quantitative estimate of drug-likeness (QED) is 0.709. The molecule has 84 valence electrons. The Morgan fingerprint density at radius 1 is 1.67 bits per heavy atom. The second-order valence-corrected chi connectivity index (χ2v) is 4.40. The summed E-state index contributed by atoms with van der Waals surface area (Å²) < 4.78 is 0. The monoisotopic (exact) mass is 228 g/mol. The molecule has 0 saturated heterocycles. The van der Waals surface area contributed by atoms with Crippen molar-refractivity contribution >= 4 is 22.9 Å². The molecule has 0 aliphatic heterocycles. The molecule has 0 fully saturated rings. The predicted octanol–water partition coefficient (Wildman–Crippen LogP) is 1.18. The number of hydrogen-bond acceptors (Lipinski definition) is 4. The molecular formula is C10H16N2O2S. The Morgan fingerprint density at radius 2 is 2.40 bits per heavy atom. The van der Waals surface area contributed by atoms with Gasteiger partial charge in [-0.15, -0.1) is 11.3 Å². The average Bonchev–Trinajstić information content (AvgIpc) is 2.61. The highest BCUT2D eigenvalue weighted by Crippen LogP contribution is 2.21. The first-order valence-corrected chi connectivity index (χ1v) is 5.69. The van der Waals surface area contributed by atoms with Crippen molar-refractivity contribution in [3.63, 3.8) is 0 Å². The number of anilines is 1. The fourth-order valence-electron chi connectivity index (χ4n) is 1.11. The Bertz CT molecular complexity index is 325. The van der Waals surface area contributed by atoms with Gasteiger partial charge in [0.15, 0.2) is 0 Å². The van der Waals surface area contributed by atoms with Crippen LogP contribution < -0.4 is 10.6 Å². The van der Waals surface area contributed by atoms with Crippen LogP contribution in [0.4, 0.5) is 5.69 Å². The molecule has 1 aromatic rings. The van der Waals surface area contributed by atoms with E-state index in [0.717, 1.165) is 10.6 Å².